The van der Waals surface area contributed by atoms with Gasteiger partial charge in [-0.15, -0.1) is 0 Å². The maximum absolute atomic E-state index is 3.38. The molecule has 0 aromatic heterocycles. The summed E-state index contributed by atoms with van der Waals surface area (Å²) in [5.41, 5.74) is 6.41. The van der Waals surface area contributed by atoms with Crippen molar-refractivity contribution in [1.29, 1.82) is 0 Å². The van der Waals surface area contributed by atoms with Crippen molar-refractivity contribution >= 4 is 0 Å². The van der Waals surface area contributed by atoms with Crippen LogP contribution in [0.5, 0.6) is 0 Å². The molecule has 0 aromatic carbocycles. The van der Waals surface area contributed by atoms with E-state index < -0.39 is 0 Å². The molecule has 6 heteroatoms. The largest absolute Gasteiger partial charge is 0.314 e. The maximum atomic E-state index is 3.38. The SMILES string of the molecule is CC(C)NCCNCCNNCCNCCNC(C)C. The maximum Gasteiger partial charge on any atom is 0.0225 e. The summed E-state index contributed by atoms with van der Waals surface area (Å²) in [6.07, 6.45) is 0. The smallest absolute Gasteiger partial charge is 0.0225 e. The molecule has 6 N–H and O–H groups in total. The van der Waals surface area contributed by atoms with Gasteiger partial charge in [-0.05, 0) is 0 Å². The highest BCUT2D eigenvalue weighted by Gasteiger charge is 1.92. The minimum absolute atomic E-state index is 0.569. The molecular formula is C14H36N6. The third-order valence-corrected chi connectivity index (χ3v) is 2.69. The van der Waals surface area contributed by atoms with Crippen LogP contribution < -0.4 is 32.1 Å². The second-order valence-corrected chi connectivity index (χ2v) is 5.57. The lowest BCUT2D eigenvalue weighted by Gasteiger charge is -2.11. The molecule has 6 nitrogen and oxygen atoms in total. The van der Waals surface area contributed by atoms with Crippen LogP contribution in [0, 0.1) is 0 Å². The molecule has 0 aromatic rings. The zero-order valence-electron chi connectivity index (χ0n) is 13.8. The number of hydrazine groups is 1. The van der Waals surface area contributed by atoms with E-state index in [0.717, 1.165) is 52.4 Å². The molecule has 0 rings (SSSR count). The Morgan fingerprint density at radius 2 is 0.850 bits per heavy atom. The van der Waals surface area contributed by atoms with Gasteiger partial charge < -0.3 is 21.3 Å². The van der Waals surface area contributed by atoms with Crippen molar-refractivity contribution in [2.75, 3.05) is 52.4 Å². The molecule has 0 atom stereocenters. The van der Waals surface area contributed by atoms with E-state index in [0.29, 0.717) is 12.1 Å². The first-order chi connectivity index (χ1) is 9.63. The Kier molecular flexibility index (Phi) is 15.0. The van der Waals surface area contributed by atoms with Crippen molar-refractivity contribution < 1.29 is 0 Å². The molecule has 0 saturated heterocycles. The quantitative estimate of drug-likeness (QED) is 0.176. The van der Waals surface area contributed by atoms with Crippen molar-refractivity contribution in [3.63, 3.8) is 0 Å². The first kappa shape index (κ1) is 19.8. The Morgan fingerprint density at radius 3 is 1.20 bits per heavy atom. The molecule has 0 heterocycles. The molecule has 0 radical (unpaired) electrons. The van der Waals surface area contributed by atoms with Crippen LogP contribution in [0.1, 0.15) is 27.7 Å². The van der Waals surface area contributed by atoms with Gasteiger partial charge in [0.25, 0.3) is 0 Å². The minimum atomic E-state index is 0.569. The van der Waals surface area contributed by atoms with E-state index >= 15 is 0 Å². The fourth-order valence-corrected chi connectivity index (χ4v) is 1.63. The van der Waals surface area contributed by atoms with Gasteiger partial charge in [-0.2, -0.15) is 0 Å². The summed E-state index contributed by atoms with van der Waals surface area (Å²) >= 11 is 0. The lowest BCUT2D eigenvalue weighted by Crippen LogP contribution is -2.42. The molecule has 0 aliphatic rings. The summed E-state index contributed by atoms with van der Waals surface area (Å²) < 4.78 is 0. The van der Waals surface area contributed by atoms with E-state index in [1.165, 1.54) is 0 Å². The Bertz CT molecular complexity index is 167. The van der Waals surface area contributed by atoms with Gasteiger partial charge in [0, 0.05) is 64.4 Å². The van der Waals surface area contributed by atoms with E-state index in [9.17, 15) is 0 Å². The molecular weight excluding hydrogens is 252 g/mol. The summed E-state index contributed by atoms with van der Waals surface area (Å²) in [5, 5.41) is 13.5. The molecule has 0 aliphatic heterocycles. The second-order valence-electron chi connectivity index (χ2n) is 5.57. The van der Waals surface area contributed by atoms with Gasteiger partial charge in [-0.25, -0.2) is 0 Å². The zero-order valence-corrected chi connectivity index (χ0v) is 13.8. The van der Waals surface area contributed by atoms with Gasteiger partial charge in [0.1, 0.15) is 0 Å². The van der Waals surface area contributed by atoms with Gasteiger partial charge in [0.2, 0.25) is 0 Å². The standard InChI is InChI=1S/C14H36N6/c1-13(2)17-9-5-15-7-11-19-20-12-8-16-6-10-18-14(3)4/h13-20H,5-12H2,1-4H3. The Morgan fingerprint density at radius 1 is 0.500 bits per heavy atom. The number of hydrogen-bond donors (Lipinski definition) is 6. The average molecular weight is 288 g/mol. The third kappa shape index (κ3) is 17.8. The molecule has 122 valence electrons. The lowest BCUT2D eigenvalue weighted by molar-refractivity contribution is 0.487. The summed E-state index contributed by atoms with van der Waals surface area (Å²) in [4.78, 5) is 0. The van der Waals surface area contributed by atoms with E-state index in [4.69, 9.17) is 0 Å². The van der Waals surface area contributed by atoms with Crippen molar-refractivity contribution in [1.82, 2.24) is 32.1 Å². The predicted molar refractivity (Wildman–Crippen MR) is 88.0 cm³/mol. The second kappa shape index (κ2) is 15.2. The van der Waals surface area contributed by atoms with Crippen LogP contribution in [0.3, 0.4) is 0 Å². The highest BCUT2D eigenvalue weighted by Crippen LogP contribution is 1.73. The molecule has 0 saturated carbocycles. The average Bonchev–Trinajstić information content (AvgIpc) is 2.38. The summed E-state index contributed by atoms with van der Waals surface area (Å²) in [6, 6.07) is 1.14. The Balaban J connectivity index is 2.96. The topological polar surface area (TPSA) is 72.2 Å². The predicted octanol–water partition coefficient (Wildman–Crippen LogP) is -0.744. The van der Waals surface area contributed by atoms with E-state index in [-0.39, 0.29) is 0 Å². The number of nitrogens with one attached hydrogen (secondary N) is 6. The van der Waals surface area contributed by atoms with E-state index in [2.05, 4.69) is 59.8 Å². The fourth-order valence-electron chi connectivity index (χ4n) is 1.63. The van der Waals surface area contributed by atoms with Crippen LogP contribution >= 0.6 is 0 Å². The Hall–Kier alpha value is -0.240. The van der Waals surface area contributed by atoms with Gasteiger partial charge in [0.15, 0.2) is 0 Å². The molecule has 0 spiro atoms. The third-order valence-electron chi connectivity index (χ3n) is 2.69. The number of rotatable bonds is 15. The van der Waals surface area contributed by atoms with Gasteiger partial charge in [-0.3, -0.25) is 10.9 Å². The molecule has 0 bridgehead atoms. The lowest BCUT2D eigenvalue weighted by atomic mass is 10.4. The number of hydrogen-bond acceptors (Lipinski definition) is 6. The molecule has 0 amide bonds. The highest BCUT2D eigenvalue weighted by molar-refractivity contribution is 4.58. The molecule has 0 unspecified atom stereocenters. The summed E-state index contributed by atoms with van der Waals surface area (Å²) in [5.74, 6) is 0. The first-order valence-corrected chi connectivity index (χ1v) is 7.97. The normalized spacial score (nSPS) is 11.7. The zero-order chi connectivity index (χ0) is 15.1. The van der Waals surface area contributed by atoms with Crippen LogP contribution in [0.25, 0.3) is 0 Å². The highest BCUT2D eigenvalue weighted by atomic mass is 15.4. The van der Waals surface area contributed by atoms with Crippen molar-refractivity contribution in [2.24, 2.45) is 0 Å². The van der Waals surface area contributed by atoms with Crippen LogP contribution in [0.2, 0.25) is 0 Å². The fraction of sp³-hybridized carbons (Fsp3) is 1.00. The first-order valence-electron chi connectivity index (χ1n) is 7.97. The van der Waals surface area contributed by atoms with Crippen molar-refractivity contribution in [3.8, 4) is 0 Å². The van der Waals surface area contributed by atoms with Gasteiger partial charge in [0.05, 0.1) is 0 Å². The summed E-state index contributed by atoms with van der Waals surface area (Å²) in [7, 11) is 0. The monoisotopic (exact) mass is 288 g/mol. The van der Waals surface area contributed by atoms with E-state index in [1.54, 1.807) is 0 Å². The molecule has 20 heavy (non-hydrogen) atoms. The van der Waals surface area contributed by atoms with E-state index in [1.807, 2.05) is 0 Å². The van der Waals surface area contributed by atoms with Gasteiger partial charge in [-0.1, -0.05) is 27.7 Å². The van der Waals surface area contributed by atoms with Crippen LogP contribution in [-0.4, -0.2) is 64.4 Å². The van der Waals surface area contributed by atoms with Crippen LogP contribution in [-0.2, 0) is 0 Å². The van der Waals surface area contributed by atoms with Crippen LogP contribution in [0.4, 0.5) is 0 Å². The molecule has 0 fully saturated rings. The Labute approximate surface area is 125 Å². The van der Waals surface area contributed by atoms with Gasteiger partial charge >= 0.3 is 0 Å². The van der Waals surface area contributed by atoms with Crippen LogP contribution in [0.15, 0.2) is 0 Å². The minimum Gasteiger partial charge on any atom is -0.314 e. The van der Waals surface area contributed by atoms with Crippen molar-refractivity contribution in [2.45, 2.75) is 39.8 Å². The van der Waals surface area contributed by atoms with Crippen molar-refractivity contribution in [3.05, 3.63) is 0 Å². The summed E-state index contributed by atoms with van der Waals surface area (Å²) in [6.45, 7) is 16.6. The molecule has 0 aliphatic carbocycles.